The highest BCUT2D eigenvalue weighted by molar-refractivity contribution is 8.51. The minimum atomic E-state index is -1.24. The van der Waals surface area contributed by atoms with Crippen LogP contribution in [0.5, 0.6) is 0 Å². The first-order valence-corrected chi connectivity index (χ1v) is 12.6. The Labute approximate surface area is 185 Å². The Morgan fingerprint density at radius 3 is 2.38 bits per heavy atom. The fraction of sp³-hybridized carbons (Fsp3) is 0.950. The summed E-state index contributed by atoms with van der Waals surface area (Å²) in [5.41, 5.74) is -0.572. The second kappa shape index (κ2) is 14.2. The van der Waals surface area contributed by atoms with Crippen molar-refractivity contribution in [3.05, 3.63) is 0 Å². The second-order valence-electron chi connectivity index (χ2n) is 8.15. The van der Waals surface area contributed by atoms with Gasteiger partial charge in [0, 0.05) is 11.7 Å². The Kier molecular flexibility index (Phi) is 13.3. The third-order valence-electron chi connectivity index (χ3n) is 5.36. The Hall–Kier alpha value is 0.0749. The molecule has 6 nitrogen and oxygen atoms in total. The number of ether oxygens (including phenoxy) is 1. The van der Waals surface area contributed by atoms with Crippen LogP contribution < -0.4 is 5.32 Å². The monoisotopic (exact) mass is 448 g/mol. The molecule has 1 saturated heterocycles. The van der Waals surface area contributed by atoms with Gasteiger partial charge in [-0.1, -0.05) is 59.3 Å². The van der Waals surface area contributed by atoms with Crippen molar-refractivity contribution in [2.75, 3.05) is 6.61 Å². The average molecular weight is 448 g/mol. The quantitative estimate of drug-likeness (QED) is 0.240. The standard InChI is InChI=1S/C20H39BNO5S2/c1-5-7-8-9-10-12-20(4,11-6-2)29-21-28-19-16(22-14(3)24)18(26)17(25)15(13-23)27-19/h15-19,23,25-26H,5-13H2,1-4H3,(H,22,24). The van der Waals surface area contributed by atoms with Crippen LogP contribution in [0.4, 0.5) is 0 Å². The smallest absolute Gasteiger partial charge is 0.271 e. The molecule has 1 amide bonds. The Morgan fingerprint density at radius 2 is 1.79 bits per heavy atom. The second-order valence-corrected chi connectivity index (χ2v) is 10.9. The number of rotatable bonds is 14. The van der Waals surface area contributed by atoms with Gasteiger partial charge in [0.1, 0.15) is 23.7 Å². The molecule has 9 heteroatoms. The van der Waals surface area contributed by atoms with E-state index >= 15 is 0 Å². The van der Waals surface area contributed by atoms with Crippen LogP contribution in [-0.4, -0.2) is 68.2 Å². The minimum Gasteiger partial charge on any atom is -0.394 e. The number of amides is 1. The highest BCUT2D eigenvalue weighted by Gasteiger charge is 2.44. The predicted octanol–water partition coefficient (Wildman–Crippen LogP) is 2.85. The highest BCUT2D eigenvalue weighted by atomic mass is 32.2. The van der Waals surface area contributed by atoms with Gasteiger partial charge in [0.05, 0.1) is 12.6 Å². The number of hydrogen-bond donors (Lipinski definition) is 4. The van der Waals surface area contributed by atoms with Crippen LogP contribution in [0.2, 0.25) is 0 Å². The summed E-state index contributed by atoms with van der Waals surface area (Å²) in [4.78, 5) is 11.5. The largest absolute Gasteiger partial charge is 0.394 e. The van der Waals surface area contributed by atoms with E-state index in [2.05, 4.69) is 26.1 Å². The first-order valence-electron chi connectivity index (χ1n) is 10.8. The van der Waals surface area contributed by atoms with Gasteiger partial charge in [0.25, 0.3) is 5.84 Å². The van der Waals surface area contributed by atoms with Crippen molar-refractivity contribution in [2.45, 2.75) is 114 Å². The first-order chi connectivity index (χ1) is 13.8. The summed E-state index contributed by atoms with van der Waals surface area (Å²) in [6.07, 6.45) is 6.38. The average Bonchev–Trinajstić information content (AvgIpc) is 2.67. The van der Waals surface area contributed by atoms with Gasteiger partial charge in [-0.2, -0.15) is 23.2 Å². The molecule has 1 aliphatic heterocycles. The molecule has 1 heterocycles. The maximum atomic E-state index is 11.5. The lowest BCUT2D eigenvalue weighted by molar-refractivity contribution is -0.173. The van der Waals surface area contributed by atoms with Crippen LogP contribution >= 0.6 is 23.2 Å². The van der Waals surface area contributed by atoms with Gasteiger partial charge in [0.15, 0.2) is 0 Å². The fourth-order valence-corrected chi connectivity index (χ4v) is 6.44. The summed E-state index contributed by atoms with van der Waals surface area (Å²) in [5.74, 6) is 1.73. The molecule has 4 N–H and O–H groups in total. The van der Waals surface area contributed by atoms with Crippen LogP contribution in [0.1, 0.15) is 79.1 Å². The van der Waals surface area contributed by atoms with E-state index in [1.54, 1.807) is 11.6 Å². The molecule has 0 spiro atoms. The molecular weight excluding hydrogens is 409 g/mol. The maximum absolute atomic E-state index is 11.5. The summed E-state index contributed by atoms with van der Waals surface area (Å²) < 4.78 is 5.92. The van der Waals surface area contributed by atoms with Crippen LogP contribution in [0, 0.1) is 0 Å². The first kappa shape index (κ1) is 27.1. The third-order valence-corrected chi connectivity index (χ3v) is 7.84. The Balaban J connectivity index is 2.63. The van der Waals surface area contributed by atoms with Gasteiger partial charge in [-0.05, 0) is 12.8 Å². The molecule has 29 heavy (non-hydrogen) atoms. The van der Waals surface area contributed by atoms with Crippen molar-refractivity contribution >= 4 is 35.0 Å². The highest BCUT2D eigenvalue weighted by Crippen LogP contribution is 2.38. The van der Waals surface area contributed by atoms with Gasteiger partial charge in [-0.25, -0.2) is 0 Å². The molecule has 1 aliphatic rings. The van der Waals surface area contributed by atoms with E-state index in [-0.39, 0.29) is 17.3 Å². The summed E-state index contributed by atoms with van der Waals surface area (Å²) in [7, 11) is 0. The predicted molar refractivity (Wildman–Crippen MR) is 123 cm³/mol. The van der Waals surface area contributed by atoms with Crippen molar-refractivity contribution in [1.29, 1.82) is 0 Å². The van der Waals surface area contributed by atoms with E-state index in [9.17, 15) is 20.1 Å². The zero-order valence-corrected chi connectivity index (χ0v) is 19.9. The number of aliphatic hydroxyl groups is 3. The van der Waals surface area contributed by atoms with Gasteiger partial charge in [-0.15, -0.1) is 0 Å². The number of carbonyl (C=O) groups excluding carboxylic acids is 1. The van der Waals surface area contributed by atoms with Crippen LogP contribution in [0.15, 0.2) is 0 Å². The van der Waals surface area contributed by atoms with Crippen molar-refractivity contribution in [3.63, 3.8) is 0 Å². The molecule has 0 bridgehead atoms. The van der Waals surface area contributed by atoms with Gasteiger partial charge < -0.3 is 25.4 Å². The lowest BCUT2D eigenvalue weighted by Crippen LogP contribution is -2.63. The number of unbranched alkanes of at least 4 members (excludes halogenated alkanes) is 4. The lowest BCUT2D eigenvalue weighted by Gasteiger charge is -2.42. The van der Waals surface area contributed by atoms with E-state index in [0.717, 1.165) is 19.3 Å². The molecule has 1 radical (unpaired) electrons. The summed E-state index contributed by atoms with van der Waals surface area (Å²) in [5, 5.41) is 32.6. The third kappa shape index (κ3) is 9.39. The Morgan fingerprint density at radius 1 is 1.10 bits per heavy atom. The van der Waals surface area contributed by atoms with E-state index in [0.29, 0.717) is 0 Å². The molecule has 6 atom stereocenters. The van der Waals surface area contributed by atoms with Crippen molar-refractivity contribution < 1.29 is 24.9 Å². The molecule has 0 aromatic carbocycles. The minimum absolute atomic E-state index is 0.140. The summed E-state index contributed by atoms with van der Waals surface area (Å²) >= 11 is 3.17. The van der Waals surface area contributed by atoms with Crippen LogP contribution in [0.25, 0.3) is 0 Å². The number of nitrogens with one attached hydrogen (secondary N) is 1. The zero-order valence-electron chi connectivity index (χ0n) is 18.3. The fourth-order valence-electron chi connectivity index (χ4n) is 3.66. The van der Waals surface area contributed by atoms with Crippen LogP contribution in [-0.2, 0) is 9.53 Å². The molecule has 1 rings (SSSR count). The maximum Gasteiger partial charge on any atom is 0.271 e. The van der Waals surface area contributed by atoms with Gasteiger partial charge >= 0.3 is 0 Å². The van der Waals surface area contributed by atoms with Gasteiger partial charge in [-0.3, -0.25) is 4.79 Å². The van der Waals surface area contributed by atoms with E-state index in [4.69, 9.17) is 4.74 Å². The van der Waals surface area contributed by atoms with Crippen molar-refractivity contribution in [1.82, 2.24) is 5.32 Å². The molecule has 0 aromatic heterocycles. The topological polar surface area (TPSA) is 99.0 Å². The van der Waals surface area contributed by atoms with Crippen molar-refractivity contribution in [2.24, 2.45) is 0 Å². The zero-order chi connectivity index (χ0) is 21.9. The summed E-state index contributed by atoms with van der Waals surface area (Å²) in [6.45, 7) is 7.70. The molecule has 0 aromatic rings. The molecular formula is C20H39BNO5S2. The van der Waals surface area contributed by atoms with Crippen molar-refractivity contribution in [3.8, 4) is 0 Å². The van der Waals surface area contributed by atoms with Crippen LogP contribution in [0.3, 0.4) is 0 Å². The summed E-state index contributed by atoms with van der Waals surface area (Å²) in [6, 6.07) is -0.737. The molecule has 1 fully saturated rings. The molecule has 169 valence electrons. The SMILES string of the molecule is CCCCCCCC(C)(CCC)S[B]SC1OC(CO)C(O)C(O)C1NC(C)=O. The number of carbonyl (C=O) groups is 1. The molecule has 6 unspecified atom stereocenters. The van der Waals surface area contributed by atoms with Gasteiger partial charge in [0.2, 0.25) is 5.91 Å². The number of hydrogen-bond acceptors (Lipinski definition) is 7. The molecule has 0 aliphatic carbocycles. The van der Waals surface area contributed by atoms with E-state index in [1.165, 1.54) is 50.6 Å². The number of aliphatic hydroxyl groups excluding tert-OH is 3. The van der Waals surface area contributed by atoms with E-state index in [1.807, 2.05) is 5.84 Å². The lowest BCUT2D eigenvalue weighted by atomic mass is 9.97. The normalized spacial score (nSPS) is 29.3. The van der Waals surface area contributed by atoms with E-state index < -0.39 is 29.8 Å². The molecule has 0 saturated carbocycles. The Bertz CT molecular complexity index is 476.